The maximum atomic E-state index is 11.0. The second-order valence-electron chi connectivity index (χ2n) is 3.21. The molecule has 0 saturated carbocycles. The monoisotopic (exact) mass is 225 g/mol. The van der Waals surface area contributed by atoms with Crippen LogP contribution in [-0.2, 0) is 6.42 Å². The Morgan fingerprint density at radius 2 is 1.88 bits per heavy atom. The molecule has 0 atom stereocenters. The van der Waals surface area contributed by atoms with Gasteiger partial charge in [-0.25, -0.2) is 4.79 Å². The van der Waals surface area contributed by atoms with Crippen molar-refractivity contribution < 1.29 is 19.4 Å². The molecule has 0 spiro atoms. The minimum Gasteiger partial charge on any atom is -0.493 e. The zero-order valence-corrected chi connectivity index (χ0v) is 9.32. The Kier molecular flexibility index (Phi) is 4.13. The molecule has 88 valence electrons. The van der Waals surface area contributed by atoms with Crippen LogP contribution in [-0.4, -0.2) is 31.8 Å². The number of benzene rings is 1. The summed E-state index contributed by atoms with van der Waals surface area (Å²) in [7, 11) is 2.97. The topological polar surface area (TPSA) is 81.8 Å². The highest BCUT2D eigenvalue weighted by Gasteiger charge is 2.15. The first-order chi connectivity index (χ1) is 7.63. The number of aromatic carboxylic acids is 1. The molecule has 0 amide bonds. The van der Waals surface area contributed by atoms with Crippen molar-refractivity contribution in [2.75, 3.05) is 20.8 Å². The molecule has 0 saturated heterocycles. The van der Waals surface area contributed by atoms with E-state index in [4.69, 9.17) is 20.3 Å². The zero-order chi connectivity index (χ0) is 12.1. The highest BCUT2D eigenvalue weighted by molar-refractivity contribution is 5.90. The Balaban J connectivity index is 3.29. The molecule has 1 aromatic rings. The lowest BCUT2D eigenvalue weighted by molar-refractivity contribution is 0.0695. The van der Waals surface area contributed by atoms with Gasteiger partial charge in [-0.2, -0.15) is 0 Å². The van der Waals surface area contributed by atoms with Crippen molar-refractivity contribution in [3.8, 4) is 11.5 Å². The number of carboxylic acid groups (broad SMARTS) is 1. The van der Waals surface area contributed by atoms with Crippen LogP contribution in [0, 0.1) is 0 Å². The molecule has 1 aromatic carbocycles. The van der Waals surface area contributed by atoms with Gasteiger partial charge < -0.3 is 20.3 Å². The average Bonchev–Trinajstić information content (AvgIpc) is 2.28. The zero-order valence-electron chi connectivity index (χ0n) is 9.32. The van der Waals surface area contributed by atoms with Gasteiger partial charge in [-0.3, -0.25) is 0 Å². The third kappa shape index (κ3) is 2.43. The van der Waals surface area contributed by atoms with Gasteiger partial charge in [0, 0.05) is 0 Å². The van der Waals surface area contributed by atoms with Crippen LogP contribution >= 0.6 is 0 Å². The van der Waals surface area contributed by atoms with Crippen molar-refractivity contribution in [3.05, 3.63) is 23.3 Å². The van der Waals surface area contributed by atoms with Crippen LogP contribution in [0.15, 0.2) is 12.1 Å². The van der Waals surface area contributed by atoms with Gasteiger partial charge >= 0.3 is 5.97 Å². The molecule has 1 rings (SSSR count). The first kappa shape index (κ1) is 12.3. The fourth-order valence-electron chi connectivity index (χ4n) is 1.48. The van der Waals surface area contributed by atoms with E-state index in [0.717, 1.165) is 0 Å². The summed E-state index contributed by atoms with van der Waals surface area (Å²) in [5, 5.41) is 9.04. The normalized spacial score (nSPS) is 9.94. The lowest BCUT2D eigenvalue weighted by Crippen LogP contribution is -2.09. The van der Waals surface area contributed by atoms with E-state index in [9.17, 15) is 4.79 Å². The van der Waals surface area contributed by atoms with E-state index in [-0.39, 0.29) is 5.56 Å². The summed E-state index contributed by atoms with van der Waals surface area (Å²) in [5.74, 6) is -0.0824. The average molecular weight is 225 g/mol. The summed E-state index contributed by atoms with van der Waals surface area (Å²) >= 11 is 0. The number of rotatable bonds is 5. The summed E-state index contributed by atoms with van der Waals surface area (Å²) in [4.78, 5) is 11.0. The van der Waals surface area contributed by atoms with Gasteiger partial charge in [0.05, 0.1) is 19.8 Å². The number of ether oxygens (including phenoxy) is 2. The maximum Gasteiger partial charge on any atom is 0.336 e. The smallest absolute Gasteiger partial charge is 0.336 e. The summed E-state index contributed by atoms with van der Waals surface area (Å²) in [6.45, 7) is 0.385. The van der Waals surface area contributed by atoms with Gasteiger partial charge in [0.1, 0.15) is 0 Å². The first-order valence-corrected chi connectivity index (χ1v) is 4.82. The third-order valence-electron chi connectivity index (χ3n) is 2.25. The van der Waals surface area contributed by atoms with Gasteiger partial charge in [-0.1, -0.05) is 0 Å². The Labute approximate surface area is 93.8 Å². The van der Waals surface area contributed by atoms with Gasteiger partial charge in [0.15, 0.2) is 11.5 Å². The summed E-state index contributed by atoms with van der Waals surface area (Å²) < 4.78 is 10.1. The van der Waals surface area contributed by atoms with Crippen LogP contribution < -0.4 is 15.2 Å². The van der Waals surface area contributed by atoms with E-state index < -0.39 is 5.97 Å². The molecule has 0 aromatic heterocycles. The lowest BCUT2D eigenvalue weighted by atomic mass is 10.0. The Morgan fingerprint density at radius 3 is 2.31 bits per heavy atom. The number of carboxylic acids is 1. The molecule has 5 nitrogen and oxygen atoms in total. The van der Waals surface area contributed by atoms with E-state index in [1.165, 1.54) is 20.3 Å². The van der Waals surface area contributed by atoms with Gasteiger partial charge in [-0.15, -0.1) is 0 Å². The van der Waals surface area contributed by atoms with Crippen LogP contribution in [0.3, 0.4) is 0 Å². The molecule has 0 heterocycles. The van der Waals surface area contributed by atoms with Crippen LogP contribution in [0.2, 0.25) is 0 Å². The molecule has 3 N–H and O–H groups in total. The van der Waals surface area contributed by atoms with Crippen molar-refractivity contribution in [1.29, 1.82) is 0 Å². The number of carbonyl (C=O) groups is 1. The Morgan fingerprint density at radius 1 is 1.31 bits per heavy atom. The van der Waals surface area contributed by atoms with Gasteiger partial charge in [-0.05, 0) is 30.7 Å². The van der Waals surface area contributed by atoms with E-state index in [2.05, 4.69) is 0 Å². The largest absolute Gasteiger partial charge is 0.493 e. The highest BCUT2D eigenvalue weighted by atomic mass is 16.5. The molecular formula is C11H15NO4. The Bertz CT molecular complexity index is 390. The molecule has 0 unspecified atom stereocenters. The summed E-state index contributed by atoms with van der Waals surface area (Å²) in [6.07, 6.45) is 0.488. The fourth-order valence-corrected chi connectivity index (χ4v) is 1.48. The molecule has 5 heteroatoms. The molecule has 0 fully saturated rings. The van der Waals surface area contributed by atoms with Crippen LogP contribution in [0.5, 0.6) is 11.5 Å². The second-order valence-corrected chi connectivity index (χ2v) is 3.21. The molecule has 0 aliphatic carbocycles. The van der Waals surface area contributed by atoms with Crippen molar-refractivity contribution in [3.63, 3.8) is 0 Å². The van der Waals surface area contributed by atoms with E-state index in [0.29, 0.717) is 30.0 Å². The highest BCUT2D eigenvalue weighted by Crippen LogP contribution is 2.30. The fraction of sp³-hybridized carbons (Fsp3) is 0.364. The van der Waals surface area contributed by atoms with Crippen molar-refractivity contribution in [2.24, 2.45) is 5.73 Å². The van der Waals surface area contributed by atoms with Crippen molar-refractivity contribution in [2.45, 2.75) is 6.42 Å². The standard InChI is InChI=1S/C11H15NO4/c1-15-9-5-7(3-4-12)8(11(13)14)6-10(9)16-2/h5-6H,3-4,12H2,1-2H3,(H,13,14). The maximum absolute atomic E-state index is 11.0. The Hall–Kier alpha value is -1.75. The van der Waals surface area contributed by atoms with E-state index in [1.807, 2.05) is 0 Å². The first-order valence-electron chi connectivity index (χ1n) is 4.82. The predicted octanol–water partition coefficient (Wildman–Crippen LogP) is 0.903. The quantitative estimate of drug-likeness (QED) is 0.778. The van der Waals surface area contributed by atoms with Crippen molar-refractivity contribution in [1.82, 2.24) is 0 Å². The minimum atomic E-state index is -0.996. The number of hydrogen-bond acceptors (Lipinski definition) is 4. The van der Waals surface area contributed by atoms with Crippen LogP contribution in [0.4, 0.5) is 0 Å². The number of methoxy groups -OCH3 is 2. The van der Waals surface area contributed by atoms with Gasteiger partial charge in [0.25, 0.3) is 0 Å². The minimum absolute atomic E-state index is 0.197. The van der Waals surface area contributed by atoms with E-state index >= 15 is 0 Å². The molecular weight excluding hydrogens is 210 g/mol. The van der Waals surface area contributed by atoms with E-state index in [1.54, 1.807) is 6.07 Å². The van der Waals surface area contributed by atoms with Crippen LogP contribution in [0.25, 0.3) is 0 Å². The molecule has 0 bridgehead atoms. The second kappa shape index (κ2) is 5.37. The number of nitrogens with two attached hydrogens (primary N) is 1. The van der Waals surface area contributed by atoms with Crippen molar-refractivity contribution >= 4 is 5.97 Å². The molecule has 0 aliphatic rings. The summed E-state index contributed by atoms with van der Waals surface area (Å²) in [5.41, 5.74) is 6.27. The number of hydrogen-bond donors (Lipinski definition) is 2. The molecule has 16 heavy (non-hydrogen) atoms. The lowest BCUT2D eigenvalue weighted by Gasteiger charge is -2.12. The van der Waals surface area contributed by atoms with Crippen LogP contribution in [0.1, 0.15) is 15.9 Å². The summed E-state index contributed by atoms with van der Waals surface area (Å²) in [6, 6.07) is 3.10. The molecule has 0 radical (unpaired) electrons. The predicted molar refractivity (Wildman–Crippen MR) is 59.3 cm³/mol. The van der Waals surface area contributed by atoms with Gasteiger partial charge in [0.2, 0.25) is 0 Å². The molecule has 0 aliphatic heterocycles. The third-order valence-corrected chi connectivity index (χ3v) is 2.25. The SMILES string of the molecule is COc1cc(CCN)c(C(=O)O)cc1OC.